The molecule has 0 aromatic heterocycles. The summed E-state index contributed by atoms with van der Waals surface area (Å²) >= 11 is 0. The molecule has 0 aromatic carbocycles. The first kappa shape index (κ1) is 17.8. The summed E-state index contributed by atoms with van der Waals surface area (Å²) in [6.07, 6.45) is 2.61. The molecule has 0 saturated carbocycles. The summed E-state index contributed by atoms with van der Waals surface area (Å²) in [6.45, 7) is 10.4. The van der Waals surface area contributed by atoms with Gasteiger partial charge in [-0.25, -0.2) is 9.18 Å². The number of amides is 1. The molecule has 0 bridgehead atoms. The smallest absolute Gasteiger partial charge is 0.407 e. The van der Waals surface area contributed by atoms with Gasteiger partial charge in [0.05, 0.1) is 0 Å². The number of nitrogens with one attached hydrogen (secondary N) is 2. The van der Waals surface area contributed by atoms with E-state index in [9.17, 15) is 9.18 Å². The van der Waals surface area contributed by atoms with Crippen LogP contribution in [0.15, 0.2) is 11.8 Å². The van der Waals surface area contributed by atoms with E-state index in [-0.39, 0.29) is 0 Å². The monoisotopic (exact) mass is 300 g/mol. The van der Waals surface area contributed by atoms with Gasteiger partial charge in [0.2, 0.25) is 0 Å². The molecule has 1 amide bonds. The molecule has 2 atom stereocenters. The van der Waals surface area contributed by atoms with Gasteiger partial charge in [-0.1, -0.05) is 19.9 Å². The highest BCUT2D eigenvalue weighted by Crippen LogP contribution is 2.35. The molecule has 1 rings (SSSR count). The van der Waals surface area contributed by atoms with Crippen molar-refractivity contribution in [3.05, 3.63) is 11.8 Å². The molecule has 21 heavy (non-hydrogen) atoms. The molecule has 122 valence electrons. The molecule has 5 heteroatoms. The zero-order valence-corrected chi connectivity index (χ0v) is 13.9. The van der Waals surface area contributed by atoms with E-state index in [1.54, 1.807) is 0 Å². The third-order valence-electron chi connectivity index (χ3n) is 3.69. The minimum Gasteiger partial charge on any atom is -0.444 e. The molecule has 1 fully saturated rings. The fourth-order valence-corrected chi connectivity index (χ4v) is 2.35. The van der Waals surface area contributed by atoms with Crippen molar-refractivity contribution in [1.82, 2.24) is 10.6 Å². The van der Waals surface area contributed by atoms with E-state index in [2.05, 4.69) is 10.6 Å². The third-order valence-corrected chi connectivity index (χ3v) is 3.69. The third kappa shape index (κ3) is 5.94. The highest BCUT2D eigenvalue weighted by molar-refractivity contribution is 5.67. The Balaban J connectivity index is 2.41. The van der Waals surface area contributed by atoms with Gasteiger partial charge in [-0.3, -0.25) is 0 Å². The molecule has 0 spiro atoms. The molecular weight excluding hydrogens is 271 g/mol. The van der Waals surface area contributed by atoms with Crippen LogP contribution in [0.1, 0.15) is 53.9 Å². The second-order valence-electron chi connectivity index (χ2n) is 7.00. The van der Waals surface area contributed by atoms with Crippen LogP contribution in [0, 0.1) is 5.41 Å². The summed E-state index contributed by atoms with van der Waals surface area (Å²) in [6, 6.07) is 0. The van der Waals surface area contributed by atoms with Crippen LogP contribution in [-0.2, 0) is 4.74 Å². The summed E-state index contributed by atoms with van der Waals surface area (Å²) in [7, 11) is 0. The van der Waals surface area contributed by atoms with Gasteiger partial charge < -0.3 is 15.4 Å². The van der Waals surface area contributed by atoms with Crippen molar-refractivity contribution in [1.29, 1.82) is 0 Å². The minimum absolute atomic E-state index is 0.417. The number of ether oxygens (including phenoxy) is 1. The van der Waals surface area contributed by atoms with E-state index in [4.69, 9.17) is 4.74 Å². The highest BCUT2D eigenvalue weighted by Gasteiger charge is 2.38. The van der Waals surface area contributed by atoms with E-state index in [1.165, 1.54) is 0 Å². The Morgan fingerprint density at radius 3 is 2.76 bits per heavy atom. The van der Waals surface area contributed by atoms with E-state index < -0.39 is 23.3 Å². The van der Waals surface area contributed by atoms with Crippen LogP contribution in [0.3, 0.4) is 0 Å². The van der Waals surface area contributed by atoms with Crippen molar-refractivity contribution in [2.75, 3.05) is 13.1 Å². The first-order valence-corrected chi connectivity index (χ1v) is 7.70. The number of alkyl halides is 1. The van der Waals surface area contributed by atoms with Gasteiger partial charge in [0.15, 0.2) is 0 Å². The van der Waals surface area contributed by atoms with E-state index in [0.717, 1.165) is 12.1 Å². The van der Waals surface area contributed by atoms with Crippen molar-refractivity contribution in [3.8, 4) is 0 Å². The van der Waals surface area contributed by atoms with E-state index in [0.29, 0.717) is 25.9 Å². The predicted molar refractivity (Wildman–Crippen MR) is 82.9 cm³/mol. The number of rotatable bonds is 4. The average Bonchev–Trinajstić information content (AvgIpc) is 2.32. The van der Waals surface area contributed by atoms with Gasteiger partial charge in [-0.05, 0) is 33.6 Å². The topological polar surface area (TPSA) is 50.4 Å². The molecule has 1 saturated heterocycles. The number of hydrogen-bond donors (Lipinski definition) is 2. The summed E-state index contributed by atoms with van der Waals surface area (Å²) in [5.41, 5.74) is 0.0192. The van der Waals surface area contributed by atoms with Crippen LogP contribution in [0.4, 0.5) is 9.18 Å². The van der Waals surface area contributed by atoms with Gasteiger partial charge in [0, 0.05) is 30.6 Å². The van der Waals surface area contributed by atoms with Gasteiger partial charge >= 0.3 is 6.09 Å². The van der Waals surface area contributed by atoms with Crippen molar-refractivity contribution in [3.63, 3.8) is 0 Å². The predicted octanol–water partition coefficient (Wildman–Crippen LogP) is 3.53. The number of carbonyl (C=O) groups excluding carboxylic acids is 1. The van der Waals surface area contributed by atoms with Crippen molar-refractivity contribution >= 4 is 6.09 Å². The normalized spacial score (nSPS) is 28.1. The van der Waals surface area contributed by atoms with Gasteiger partial charge in [0.25, 0.3) is 0 Å². The van der Waals surface area contributed by atoms with Crippen molar-refractivity contribution < 1.29 is 13.9 Å². The fourth-order valence-electron chi connectivity index (χ4n) is 2.35. The molecule has 0 radical (unpaired) electrons. The lowest BCUT2D eigenvalue weighted by atomic mass is 9.77. The average molecular weight is 300 g/mol. The van der Waals surface area contributed by atoms with Gasteiger partial charge in [-0.15, -0.1) is 0 Å². The summed E-state index contributed by atoms with van der Waals surface area (Å²) in [5, 5.41) is 5.99. The number of halogens is 1. The number of alkyl carbamates (subject to hydrolysis) is 1. The Labute approximate surface area is 127 Å². The molecule has 1 aliphatic rings. The molecule has 2 N–H and O–H groups in total. The minimum atomic E-state index is -0.892. The summed E-state index contributed by atoms with van der Waals surface area (Å²) in [5.74, 6) is 0. The molecule has 1 unspecified atom stereocenters. The zero-order chi connectivity index (χ0) is 16.1. The van der Waals surface area contributed by atoms with Crippen LogP contribution >= 0.6 is 0 Å². The Hall–Kier alpha value is -1.26. The number of hydrogen-bond acceptors (Lipinski definition) is 3. The Morgan fingerprint density at radius 2 is 2.24 bits per heavy atom. The van der Waals surface area contributed by atoms with Crippen LogP contribution in [0.25, 0.3) is 0 Å². The largest absolute Gasteiger partial charge is 0.444 e. The maximum atomic E-state index is 14.4. The summed E-state index contributed by atoms with van der Waals surface area (Å²) in [4.78, 5) is 11.6. The van der Waals surface area contributed by atoms with Crippen LogP contribution in [-0.4, -0.2) is 31.0 Å². The maximum Gasteiger partial charge on any atom is 0.407 e. The summed E-state index contributed by atoms with van der Waals surface area (Å²) < 4.78 is 19.5. The first-order valence-electron chi connectivity index (χ1n) is 7.70. The van der Waals surface area contributed by atoms with Crippen LogP contribution in [0.5, 0.6) is 0 Å². The molecule has 1 heterocycles. The fraction of sp³-hybridized carbons (Fsp3) is 0.812. The standard InChI is InChI=1S/C16H29FN2O2/c1-6-7-12-10-13(17)16(5,11-19-12)8-9-18-14(20)21-15(2,3)4/h7,13,19H,6,8-11H2,1-5H3,(H,18,20)/b12-7+/t13?,16-/m0/s1. The molecular formula is C16H29FN2O2. The quantitative estimate of drug-likeness (QED) is 0.835. The van der Waals surface area contributed by atoms with Gasteiger partial charge in [0.1, 0.15) is 11.8 Å². The Bertz CT molecular complexity index is 390. The zero-order valence-electron chi connectivity index (χ0n) is 13.9. The number of carbonyl (C=O) groups is 1. The van der Waals surface area contributed by atoms with E-state index >= 15 is 0 Å². The number of piperidine rings is 1. The SMILES string of the molecule is CC/C=C1\CC(F)[C@@](C)(CCNC(=O)OC(C)(C)C)CN1. The lowest BCUT2D eigenvalue weighted by molar-refractivity contribution is 0.0495. The van der Waals surface area contributed by atoms with Crippen molar-refractivity contribution in [2.45, 2.75) is 65.7 Å². The first-order chi connectivity index (χ1) is 9.66. The van der Waals surface area contributed by atoms with Crippen molar-refractivity contribution in [2.24, 2.45) is 5.41 Å². The molecule has 1 aliphatic heterocycles. The van der Waals surface area contributed by atoms with Crippen LogP contribution < -0.4 is 10.6 Å². The second kappa shape index (κ2) is 7.14. The maximum absolute atomic E-state index is 14.4. The highest BCUT2D eigenvalue weighted by atomic mass is 19.1. The van der Waals surface area contributed by atoms with E-state index in [1.807, 2.05) is 40.7 Å². The Kier molecular flexibility index (Phi) is 6.05. The van der Waals surface area contributed by atoms with Crippen LogP contribution in [0.2, 0.25) is 0 Å². The lowest BCUT2D eigenvalue weighted by Crippen LogP contribution is -2.47. The molecule has 4 nitrogen and oxygen atoms in total. The number of allylic oxidation sites excluding steroid dienone is 2. The molecule has 0 aromatic rings. The molecule has 0 aliphatic carbocycles. The Morgan fingerprint density at radius 1 is 1.57 bits per heavy atom. The lowest BCUT2D eigenvalue weighted by Gasteiger charge is -2.39. The van der Waals surface area contributed by atoms with Gasteiger partial charge in [-0.2, -0.15) is 0 Å². The second-order valence-corrected chi connectivity index (χ2v) is 7.00.